The summed E-state index contributed by atoms with van der Waals surface area (Å²) in [5, 5.41) is 3.86. The first-order valence-corrected chi connectivity index (χ1v) is 6.35. The van der Waals surface area contributed by atoms with Crippen LogP contribution in [0.25, 0.3) is 11.4 Å². The van der Waals surface area contributed by atoms with Crippen molar-refractivity contribution in [1.29, 1.82) is 0 Å². The summed E-state index contributed by atoms with van der Waals surface area (Å²) in [6.45, 7) is 1.67. The van der Waals surface area contributed by atoms with Crippen LogP contribution in [-0.4, -0.2) is 41.2 Å². The molecule has 3 rings (SSSR count). The quantitative estimate of drug-likeness (QED) is 0.903. The molecule has 1 fully saturated rings. The fourth-order valence-electron chi connectivity index (χ4n) is 2.13. The standard InChI is InChI=1S/C13H15N5O2/c1-17-6-7-18(13(17)19)10-4-2-9(3-5-10)12-15-11(8-14)20-16-12/h2-5H,6-8,14H2,1H3. The minimum atomic E-state index is 0.0164. The lowest BCUT2D eigenvalue weighted by molar-refractivity contribution is 0.229. The Bertz CT molecular complexity index is 622. The second-order valence-corrected chi connectivity index (χ2v) is 4.62. The van der Waals surface area contributed by atoms with Gasteiger partial charge in [-0.3, -0.25) is 4.90 Å². The molecule has 20 heavy (non-hydrogen) atoms. The molecule has 2 amide bonds. The van der Waals surface area contributed by atoms with Crippen LogP contribution in [0.5, 0.6) is 0 Å². The molecule has 2 heterocycles. The Morgan fingerprint density at radius 1 is 1.30 bits per heavy atom. The predicted octanol–water partition coefficient (Wildman–Crippen LogP) is 1.07. The van der Waals surface area contributed by atoms with Crippen molar-refractivity contribution in [2.24, 2.45) is 5.73 Å². The van der Waals surface area contributed by atoms with Gasteiger partial charge >= 0.3 is 6.03 Å². The first-order chi connectivity index (χ1) is 9.69. The third kappa shape index (κ3) is 2.12. The van der Waals surface area contributed by atoms with Gasteiger partial charge in [0.05, 0.1) is 6.54 Å². The van der Waals surface area contributed by atoms with E-state index < -0.39 is 0 Å². The maximum atomic E-state index is 11.9. The molecule has 7 nitrogen and oxygen atoms in total. The summed E-state index contributed by atoms with van der Waals surface area (Å²) < 4.78 is 4.97. The molecule has 2 aromatic rings. The van der Waals surface area contributed by atoms with E-state index in [0.717, 1.165) is 17.8 Å². The van der Waals surface area contributed by atoms with Crippen LogP contribution >= 0.6 is 0 Å². The summed E-state index contributed by atoms with van der Waals surface area (Å²) >= 11 is 0. The van der Waals surface area contributed by atoms with Gasteiger partial charge in [0.15, 0.2) is 0 Å². The number of likely N-dealkylation sites (N-methyl/N-ethyl adjacent to an activating group) is 1. The van der Waals surface area contributed by atoms with Crippen LogP contribution in [0.4, 0.5) is 10.5 Å². The van der Waals surface area contributed by atoms with Crippen molar-refractivity contribution in [3.05, 3.63) is 30.2 Å². The lowest BCUT2D eigenvalue weighted by atomic mass is 10.2. The zero-order valence-corrected chi connectivity index (χ0v) is 11.1. The molecule has 2 N–H and O–H groups in total. The zero-order chi connectivity index (χ0) is 14.1. The van der Waals surface area contributed by atoms with E-state index in [9.17, 15) is 4.79 Å². The second kappa shape index (κ2) is 4.93. The number of amides is 2. The summed E-state index contributed by atoms with van der Waals surface area (Å²) in [4.78, 5) is 19.5. The Morgan fingerprint density at radius 2 is 2.05 bits per heavy atom. The van der Waals surface area contributed by atoms with Gasteiger partial charge in [-0.15, -0.1) is 0 Å². The van der Waals surface area contributed by atoms with Crippen LogP contribution in [0.3, 0.4) is 0 Å². The average molecular weight is 273 g/mol. The number of rotatable bonds is 3. The molecule has 0 atom stereocenters. The van der Waals surface area contributed by atoms with Crippen molar-refractivity contribution in [1.82, 2.24) is 15.0 Å². The van der Waals surface area contributed by atoms with E-state index in [2.05, 4.69) is 10.1 Å². The van der Waals surface area contributed by atoms with E-state index in [1.54, 1.807) is 16.8 Å². The van der Waals surface area contributed by atoms with Crippen LogP contribution in [0.2, 0.25) is 0 Å². The fraction of sp³-hybridized carbons (Fsp3) is 0.308. The maximum absolute atomic E-state index is 11.9. The van der Waals surface area contributed by atoms with Crippen molar-refractivity contribution in [2.75, 3.05) is 25.0 Å². The monoisotopic (exact) mass is 273 g/mol. The fourth-order valence-corrected chi connectivity index (χ4v) is 2.13. The Morgan fingerprint density at radius 3 is 2.60 bits per heavy atom. The topological polar surface area (TPSA) is 88.5 Å². The van der Waals surface area contributed by atoms with Gasteiger partial charge in [0.2, 0.25) is 11.7 Å². The third-order valence-electron chi connectivity index (χ3n) is 3.30. The minimum Gasteiger partial charge on any atom is -0.338 e. The summed E-state index contributed by atoms with van der Waals surface area (Å²) in [6, 6.07) is 7.51. The first-order valence-electron chi connectivity index (χ1n) is 6.35. The maximum Gasteiger partial charge on any atom is 0.324 e. The summed E-state index contributed by atoms with van der Waals surface area (Å²) in [5.74, 6) is 0.905. The molecule has 0 bridgehead atoms. The van der Waals surface area contributed by atoms with Crippen molar-refractivity contribution < 1.29 is 9.32 Å². The number of aromatic nitrogens is 2. The molecule has 0 aliphatic carbocycles. The third-order valence-corrected chi connectivity index (χ3v) is 3.30. The molecule has 7 heteroatoms. The highest BCUT2D eigenvalue weighted by Gasteiger charge is 2.26. The molecular formula is C13H15N5O2. The molecule has 1 aliphatic heterocycles. The number of anilines is 1. The van der Waals surface area contributed by atoms with Crippen LogP contribution in [0, 0.1) is 0 Å². The largest absolute Gasteiger partial charge is 0.338 e. The minimum absolute atomic E-state index is 0.0164. The van der Waals surface area contributed by atoms with Gasteiger partial charge in [0.1, 0.15) is 0 Å². The SMILES string of the molecule is CN1CCN(c2ccc(-c3noc(CN)n3)cc2)C1=O. The number of carbonyl (C=O) groups is 1. The molecule has 1 saturated heterocycles. The predicted molar refractivity (Wildman–Crippen MR) is 73.0 cm³/mol. The Labute approximate surface area is 116 Å². The summed E-state index contributed by atoms with van der Waals surface area (Å²) in [6.07, 6.45) is 0. The number of carbonyl (C=O) groups excluding carboxylic acids is 1. The number of nitrogens with zero attached hydrogens (tertiary/aromatic N) is 4. The normalized spacial score (nSPS) is 15.2. The molecule has 0 spiro atoms. The van der Waals surface area contributed by atoms with E-state index in [1.807, 2.05) is 24.3 Å². The molecular weight excluding hydrogens is 258 g/mol. The van der Waals surface area contributed by atoms with E-state index in [1.165, 1.54) is 0 Å². The van der Waals surface area contributed by atoms with Crippen molar-refractivity contribution in [3.63, 3.8) is 0 Å². The zero-order valence-electron chi connectivity index (χ0n) is 11.1. The molecule has 0 radical (unpaired) electrons. The molecule has 0 saturated carbocycles. The highest BCUT2D eigenvalue weighted by Crippen LogP contribution is 2.23. The lowest BCUT2D eigenvalue weighted by Crippen LogP contribution is -2.29. The smallest absolute Gasteiger partial charge is 0.324 e. The first kappa shape index (κ1) is 12.6. The van der Waals surface area contributed by atoms with Crippen molar-refractivity contribution in [3.8, 4) is 11.4 Å². The number of urea groups is 1. The highest BCUT2D eigenvalue weighted by atomic mass is 16.5. The molecule has 1 aliphatic rings. The van der Waals surface area contributed by atoms with Crippen LogP contribution in [0.1, 0.15) is 5.89 Å². The number of nitrogens with two attached hydrogens (primary N) is 1. The van der Waals surface area contributed by atoms with Gasteiger partial charge in [0.25, 0.3) is 0 Å². The number of benzene rings is 1. The lowest BCUT2D eigenvalue weighted by Gasteiger charge is -2.15. The van der Waals surface area contributed by atoms with Crippen molar-refractivity contribution in [2.45, 2.75) is 6.54 Å². The van der Waals surface area contributed by atoms with E-state index in [-0.39, 0.29) is 12.6 Å². The summed E-state index contributed by atoms with van der Waals surface area (Å²) in [7, 11) is 1.80. The Balaban J connectivity index is 1.82. The van der Waals surface area contributed by atoms with Crippen LogP contribution in [-0.2, 0) is 6.54 Å². The molecule has 1 aromatic heterocycles. The van der Waals surface area contributed by atoms with Crippen LogP contribution < -0.4 is 10.6 Å². The highest BCUT2D eigenvalue weighted by molar-refractivity contribution is 5.94. The Kier molecular flexibility index (Phi) is 3.11. The van der Waals surface area contributed by atoms with E-state index in [0.29, 0.717) is 18.3 Å². The van der Waals surface area contributed by atoms with Gasteiger partial charge in [-0.25, -0.2) is 4.79 Å². The van der Waals surface area contributed by atoms with Gasteiger partial charge in [0, 0.05) is 31.4 Å². The number of hydrogen-bond acceptors (Lipinski definition) is 5. The molecule has 104 valence electrons. The van der Waals surface area contributed by atoms with E-state index >= 15 is 0 Å². The number of hydrogen-bond donors (Lipinski definition) is 1. The Hall–Kier alpha value is -2.41. The summed E-state index contributed by atoms with van der Waals surface area (Å²) in [5.41, 5.74) is 7.13. The average Bonchev–Trinajstić information content (AvgIpc) is 3.08. The van der Waals surface area contributed by atoms with Crippen molar-refractivity contribution >= 4 is 11.7 Å². The van der Waals surface area contributed by atoms with Gasteiger partial charge in [-0.05, 0) is 24.3 Å². The van der Waals surface area contributed by atoms with Crippen LogP contribution in [0.15, 0.2) is 28.8 Å². The molecule has 1 aromatic carbocycles. The van der Waals surface area contributed by atoms with Gasteiger partial charge < -0.3 is 15.2 Å². The second-order valence-electron chi connectivity index (χ2n) is 4.62. The van der Waals surface area contributed by atoms with E-state index in [4.69, 9.17) is 10.3 Å². The van der Waals surface area contributed by atoms with Gasteiger partial charge in [-0.1, -0.05) is 5.16 Å². The van der Waals surface area contributed by atoms with Gasteiger partial charge in [-0.2, -0.15) is 4.98 Å². The molecule has 0 unspecified atom stereocenters.